The number of anilines is 3. The molecule has 8 aromatic carbocycles. The summed E-state index contributed by atoms with van der Waals surface area (Å²) in [5.41, 5.74) is 4.50. The van der Waals surface area contributed by atoms with Gasteiger partial charge in [0.2, 0.25) is 16.1 Å². The molecule has 0 saturated carbocycles. The molecule has 0 amide bonds. The fraction of sp³-hybridized carbons (Fsp3) is 0. The first-order valence-corrected chi connectivity index (χ1v) is 23.6. The molecule has 9 aromatic rings. The van der Waals surface area contributed by atoms with Gasteiger partial charge in [-0.3, -0.25) is 0 Å². The summed E-state index contributed by atoms with van der Waals surface area (Å²) >= 11 is 0. The molecule has 0 radical (unpaired) electrons. The molecular weight excluding hydrogens is 725 g/mol. The third-order valence-electron chi connectivity index (χ3n) is 11.9. The van der Waals surface area contributed by atoms with Gasteiger partial charge in [0.15, 0.2) is 5.75 Å². The second kappa shape index (κ2) is 13.4. The first-order valence-electron chi connectivity index (χ1n) is 19.6. The van der Waals surface area contributed by atoms with E-state index in [4.69, 9.17) is 4.74 Å². The molecule has 0 aliphatic carbocycles. The molecule has 0 bridgehead atoms. The lowest BCUT2D eigenvalue weighted by Gasteiger charge is -2.44. The van der Waals surface area contributed by atoms with Crippen LogP contribution in [-0.4, -0.2) is 20.7 Å². The first-order chi connectivity index (χ1) is 28.3. The summed E-state index contributed by atoms with van der Waals surface area (Å²) in [6, 6.07) is 85.1. The summed E-state index contributed by atoms with van der Waals surface area (Å²) in [7, 11) is -6.38. The van der Waals surface area contributed by atoms with Crippen LogP contribution in [0.5, 0.6) is 11.5 Å². The molecule has 3 heterocycles. The molecule has 0 fully saturated rings. The fourth-order valence-corrected chi connectivity index (χ4v) is 20.2. The highest BCUT2D eigenvalue weighted by Crippen LogP contribution is 2.47. The van der Waals surface area contributed by atoms with E-state index in [0.717, 1.165) is 28.6 Å². The number of hydrogen-bond acceptors (Lipinski definition) is 2. The van der Waals surface area contributed by atoms with Crippen LogP contribution < -0.4 is 51.4 Å². The summed E-state index contributed by atoms with van der Waals surface area (Å²) in [5, 5.41) is 10.4. The van der Waals surface area contributed by atoms with E-state index < -0.39 is 16.1 Å². The van der Waals surface area contributed by atoms with Crippen molar-refractivity contribution in [2.45, 2.75) is 0 Å². The van der Waals surface area contributed by atoms with E-state index >= 15 is 0 Å². The lowest BCUT2D eigenvalue weighted by atomic mass is 10.2. The van der Waals surface area contributed by atoms with Crippen molar-refractivity contribution in [1.29, 1.82) is 0 Å². The third-order valence-corrected chi connectivity index (χ3v) is 21.5. The number of benzene rings is 8. The highest BCUT2D eigenvalue weighted by atomic mass is 28.3. The molecule has 0 saturated heterocycles. The van der Waals surface area contributed by atoms with E-state index in [2.05, 4.69) is 240 Å². The SMILES string of the molecule is c1ccc(N2c3ccccc3[Si](c3ccccc3)(c3ccccc3)c3c2c2c(n3-c3ccccc3)[Si](c3ccccc3)(c3ccccc3)c3ccccc3O2)cc1. The number of para-hydroxylation sites is 4. The van der Waals surface area contributed by atoms with Gasteiger partial charge in [0.05, 0.1) is 5.32 Å². The molecule has 0 spiro atoms. The third kappa shape index (κ3) is 4.76. The monoisotopic (exact) mass is 762 g/mol. The zero-order valence-corrected chi connectivity index (χ0v) is 33.2. The van der Waals surface area contributed by atoms with Crippen LogP contribution in [0.25, 0.3) is 5.69 Å². The van der Waals surface area contributed by atoms with Gasteiger partial charge in [0.1, 0.15) is 11.4 Å². The Balaban J connectivity index is 1.45. The molecule has 270 valence electrons. The molecule has 0 N–H and O–H groups in total. The van der Waals surface area contributed by atoms with Crippen LogP contribution in [0, 0.1) is 0 Å². The van der Waals surface area contributed by atoms with Crippen molar-refractivity contribution < 1.29 is 4.74 Å². The Morgan fingerprint density at radius 2 is 0.719 bits per heavy atom. The molecule has 2 aliphatic heterocycles. The van der Waals surface area contributed by atoms with Gasteiger partial charge in [-0.05, 0) is 67.5 Å². The summed E-state index contributed by atoms with van der Waals surface area (Å²) in [6.07, 6.45) is 0. The van der Waals surface area contributed by atoms with Crippen molar-refractivity contribution in [3.8, 4) is 17.2 Å². The van der Waals surface area contributed by atoms with Gasteiger partial charge in [-0.1, -0.05) is 194 Å². The van der Waals surface area contributed by atoms with Crippen LogP contribution >= 0.6 is 0 Å². The van der Waals surface area contributed by atoms with E-state index in [9.17, 15) is 0 Å². The zero-order chi connectivity index (χ0) is 37.8. The lowest BCUT2D eigenvalue weighted by Crippen LogP contribution is -2.80. The smallest absolute Gasteiger partial charge is 0.208 e. The Labute approximate surface area is 335 Å². The van der Waals surface area contributed by atoms with Crippen LogP contribution in [-0.2, 0) is 0 Å². The molecule has 0 unspecified atom stereocenters. The Bertz CT molecular complexity index is 2790. The molecule has 1 aromatic heterocycles. The molecule has 57 heavy (non-hydrogen) atoms. The van der Waals surface area contributed by atoms with E-state index in [1.807, 2.05) is 0 Å². The summed E-state index contributed by atoms with van der Waals surface area (Å²) in [6.45, 7) is 0. The van der Waals surface area contributed by atoms with Gasteiger partial charge in [0, 0.05) is 22.4 Å². The molecule has 2 aliphatic rings. The molecule has 11 rings (SSSR count). The standard InChI is InChI=1S/C52H38N2OSi2/c1-7-23-39(24-8-1)53-45-35-19-21-37-47(45)56(41-27-11-3-12-28-41,42-29-13-4-14-30-42)51-49(53)50-52(54(51)40-25-9-2-10-26-40)57(43-31-15-5-16-32-43,44-33-17-6-18-34-44)48-38-22-20-36-46(48)55-50/h1-38H. The van der Waals surface area contributed by atoms with Gasteiger partial charge >= 0.3 is 0 Å². The summed E-state index contributed by atoms with van der Waals surface area (Å²) in [4.78, 5) is 2.50. The van der Waals surface area contributed by atoms with Crippen LogP contribution in [0.3, 0.4) is 0 Å². The number of aromatic nitrogens is 1. The van der Waals surface area contributed by atoms with Crippen molar-refractivity contribution in [1.82, 2.24) is 4.57 Å². The Morgan fingerprint density at radius 1 is 0.333 bits per heavy atom. The first kappa shape index (κ1) is 33.4. The minimum atomic E-state index is -3.20. The maximum absolute atomic E-state index is 7.60. The largest absolute Gasteiger partial charge is 0.454 e. The number of nitrogens with zero attached hydrogens (tertiary/aromatic N) is 2. The van der Waals surface area contributed by atoms with Gasteiger partial charge in [-0.15, -0.1) is 0 Å². The summed E-state index contributed by atoms with van der Waals surface area (Å²) in [5.74, 6) is 1.84. The molecular formula is C52H38N2OSi2. The number of rotatable bonds is 6. The van der Waals surface area contributed by atoms with Crippen molar-refractivity contribution in [3.05, 3.63) is 231 Å². The van der Waals surface area contributed by atoms with E-state index in [0.29, 0.717) is 0 Å². The van der Waals surface area contributed by atoms with E-state index in [1.54, 1.807) is 0 Å². The topological polar surface area (TPSA) is 17.4 Å². The Morgan fingerprint density at radius 3 is 1.23 bits per heavy atom. The van der Waals surface area contributed by atoms with Crippen LogP contribution in [0.4, 0.5) is 17.1 Å². The average molecular weight is 763 g/mol. The van der Waals surface area contributed by atoms with Gasteiger partial charge in [-0.2, -0.15) is 0 Å². The van der Waals surface area contributed by atoms with E-state index in [1.165, 1.54) is 47.4 Å². The normalized spacial score (nSPS) is 14.4. The maximum atomic E-state index is 7.60. The second-order valence-electron chi connectivity index (χ2n) is 14.8. The summed E-state index contributed by atoms with van der Waals surface area (Å²) < 4.78 is 10.3. The van der Waals surface area contributed by atoms with Gasteiger partial charge in [-0.25, -0.2) is 0 Å². The van der Waals surface area contributed by atoms with Crippen molar-refractivity contribution >= 4 is 75.0 Å². The predicted octanol–water partition coefficient (Wildman–Crippen LogP) is 7.12. The van der Waals surface area contributed by atoms with Crippen molar-refractivity contribution in [2.75, 3.05) is 4.90 Å². The number of hydrogen-bond donors (Lipinski definition) is 0. The highest BCUT2D eigenvalue weighted by Gasteiger charge is 2.59. The minimum absolute atomic E-state index is 0.913. The molecule has 0 atom stereocenters. The van der Waals surface area contributed by atoms with Crippen molar-refractivity contribution in [2.24, 2.45) is 0 Å². The zero-order valence-electron chi connectivity index (χ0n) is 31.2. The van der Waals surface area contributed by atoms with Crippen LogP contribution in [0.2, 0.25) is 0 Å². The molecule has 5 heteroatoms. The number of fused-ring (bicyclic) bond motifs is 5. The lowest BCUT2D eigenvalue weighted by molar-refractivity contribution is 0.488. The van der Waals surface area contributed by atoms with Crippen LogP contribution in [0.1, 0.15) is 0 Å². The second-order valence-corrected chi connectivity index (χ2v) is 22.1. The van der Waals surface area contributed by atoms with Gasteiger partial charge < -0.3 is 14.2 Å². The van der Waals surface area contributed by atoms with Crippen molar-refractivity contribution in [3.63, 3.8) is 0 Å². The van der Waals surface area contributed by atoms with Gasteiger partial charge in [0.25, 0.3) is 0 Å². The Kier molecular flexibility index (Phi) is 7.84. The minimum Gasteiger partial charge on any atom is -0.454 e. The highest BCUT2D eigenvalue weighted by molar-refractivity contribution is 7.23. The quantitative estimate of drug-likeness (QED) is 0.168. The predicted molar refractivity (Wildman–Crippen MR) is 241 cm³/mol. The van der Waals surface area contributed by atoms with E-state index in [-0.39, 0.29) is 0 Å². The van der Waals surface area contributed by atoms with Crippen LogP contribution in [0.15, 0.2) is 231 Å². The fourth-order valence-electron chi connectivity index (χ4n) is 9.80. The number of ether oxygens (including phenoxy) is 1. The average Bonchev–Trinajstić information content (AvgIpc) is 3.64. The molecule has 3 nitrogen and oxygen atoms in total. The Hall–Kier alpha value is -6.93. The maximum Gasteiger partial charge on any atom is 0.208 e.